The molecule has 0 spiro atoms. The molecule has 0 heterocycles. The summed E-state index contributed by atoms with van der Waals surface area (Å²) in [4.78, 5) is 0. The first kappa shape index (κ1) is 6.71. The van der Waals surface area contributed by atoms with Crippen molar-refractivity contribution in [2.75, 3.05) is 0 Å². The second-order valence-electron chi connectivity index (χ2n) is 4.46. The SMILES string of the molecule is Cc1c2c(c(C(C)C)c3c1C3)C2. The lowest BCUT2D eigenvalue weighted by Gasteiger charge is -2.03. The van der Waals surface area contributed by atoms with Gasteiger partial charge in [0.2, 0.25) is 0 Å². The van der Waals surface area contributed by atoms with Gasteiger partial charge in [-0.25, -0.2) is 0 Å². The van der Waals surface area contributed by atoms with Crippen molar-refractivity contribution in [3.05, 3.63) is 33.4 Å². The summed E-state index contributed by atoms with van der Waals surface area (Å²) in [7, 11) is 0. The lowest BCUT2D eigenvalue weighted by Crippen LogP contribution is -1.87. The topological polar surface area (TPSA) is 0 Å². The van der Waals surface area contributed by atoms with Gasteiger partial charge in [-0.05, 0) is 59.1 Å². The Kier molecular flexibility index (Phi) is 0.983. The van der Waals surface area contributed by atoms with E-state index in [1.165, 1.54) is 12.8 Å². The molecule has 2 aliphatic carbocycles. The minimum Gasteiger partial charge on any atom is -0.0587 e. The Bertz CT molecular complexity index is 353. The van der Waals surface area contributed by atoms with E-state index >= 15 is 0 Å². The van der Waals surface area contributed by atoms with Crippen LogP contribution in [0.15, 0.2) is 0 Å². The van der Waals surface area contributed by atoms with E-state index in [4.69, 9.17) is 0 Å². The van der Waals surface area contributed by atoms with Gasteiger partial charge in [0.1, 0.15) is 0 Å². The van der Waals surface area contributed by atoms with E-state index in [0.29, 0.717) is 0 Å². The highest BCUT2D eigenvalue weighted by atomic mass is 14.4. The Hall–Kier alpha value is -0.780. The maximum atomic E-state index is 2.32. The molecule has 0 nitrogen and oxygen atoms in total. The molecular weight excluding hydrogens is 144 g/mol. The van der Waals surface area contributed by atoms with E-state index in [-0.39, 0.29) is 0 Å². The zero-order valence-corrected chi connectivity index (χ0v) is 7.99. The Morgan fingerprint density at radius 2 is 1.42 bits per heavy atom. The van der Waals surface area contributed by atoms with Crippen LogP contribution in [0, 0.1) is 6.92 Å². The molecule has 0 fully saturated rings. The van der Waals surface area contributed by atoms with E-state index in [1.807, 2.05) is 0 Å². The average molecular weight is 158 g/mol. The Morgan fingerprint density at radius 3 is 1.83 bits per heavy atom. The van der Waals surface area contributed by atoms with Gasteiger partial charge in [0.05, 0.1) is 0 Å². The van der Waals surface area contributed by atoms with Crippen LogP contribution in [0.1, 0.15) is 53.1 Å². The fourth-order valence-corrected chi connectivity index (χ4v) is 2.56. The molecule has 62 valence electrons. The van der Waals surface area contributed by atoms with Gasteiger partial charge < -0.3 is 0 Å². The number of benzene rings is 1. The van der Waals surface area contributed by atoms with Crippen LogP contribution in [0.4, 0.5) is 0 Å². The van der Waals surface area contributed by atoms with Crippen molar-refractivity contribution in [1.82, 2.24) is 0 Å². The lowest BCUT2D eigenvalue weighted by molar-refractivity contribution is 0.861. The minimum atomic E-state index is 0.748. The van der Waals surface area contributed by atoms with E-state index in [9.17, 15) is 0 Å². The summed E-state index contributed by atoms with van der Waals surface area (Å²) in [5, 5.41) is 0. The molecule has 0 heteroatoms. The first-order valence-corrected chi connectivity index (χ1v) is 4.86. The van der Waals surface area contributed by atoms with E-state index < -0.39 is 0 Å². The zero-order valence-electron chi connectivity index (χ0n) is 7.99. The summed E-state index contributed by atoms with van der Waals surface area (Å²) in [6.45, 7) is 6.94. The molecule has 12 heavy (non-hydrogen) atoms. The van der Waals surface area contributed by atoms with Gasteiger partial charge in [0, 0.05) is 0 Å². The molecule has 0 amide bonds. The highest BCUT2D eigenvalue weighted by Crippen LogP contribution is 2.49. The molecule has 0 bridgehead atoms. The van der Waals surface area contributed by atoms with Crippen molar-refractivity contribution >= 4 is 0 Å². The van der Waals surface area contributed by atoms with Crippen molar-refractivity contribution in [2.24, 2.45) is 0 Å². The van der Waals surface area contributed by atoms with Crippen molar-refractivity contribution in [3.8, 4) is 0 Å². The standard InChI is InChI=1S/C12H14/c1-6(2)12-10-4-8(10)7(3)9-5-11(9)12/h6H,4-5H2,1-3H3. The van der Waals surface area contributed by atoms with Crippen molar-refractivity contribution in [3.63, 3.8) is 0 Å². The number of rotatable bonds is 1. The molecule has 1 aromatic rings. The van der Waals surface area contributed by atoms with Crippen LogP contribution in [0.25, 0.3) is 0 Å². The predicted molar refractivity (Wildman–Crippen MR) is 50.9 cm³/mol. The first-order chi connectivity index (χ1) is 5.70. The van der Waals surface area contributed by atoms with E-state index in [0.717, 1.165) is 5.92 Å². The largest absolute Gasteiger partial charge is 0.0587 e. The average Bonchev–Trinajstić information content (AvgIpc) is 2.73. The Morgan fingerprint density at radius 1 is 0.917 bits per heavy atom. The smallest absolute Gasteiger partial charge is 0.00142 e. The van der Waals surface area contributed by atoms with Crippen LogP contribution in [0.5, 0.6) is 0 Å². The van der Waals surface area contributed by atoms with Crippen LogP contribution in [-0.2, 0) is 12.8 Å². The van der Waals surface area contributed by atoms with Gasteiger partial charge in [-0.1, -0.05) is 13.8 Å². The normalized spacial score (nSPS) is 16.0. The zero-order chi connectivity index (χ0) is 8.46. The van der Waals surface area contributed by atoms with Gasteiger partial charge in [0.15, 0.2) is 0 Å². The van der Waals surface area contributed by atoms with Crippen LogP contribution in [0.2, 0.25) is 0 Å². The van der Waals surface area contributed by atoms with Gasteiger partial charge in [0.25, 0.3) is 0 Å². The number of hydrogen-bond donors (Lipinski definition) is 0. The quantitative estimate of drug-likeness (QED) is 0.511. The predicted octanol–water partition coefficient (Wildman–Crippen LogP) is 2.93. The van der Waals surface area contributed by atoms with Crippen LogP contribution in [0.3, 0.4) is 0 Å². The monoisotopic (exact) mass is 158 g/mol. The lowest BCUT2D eigenvalue weighted by atomic mass is 10.0. The fourth-order valence-electron chi connectivity index (χ4n) is 2.56. The summed E-state index contributed by atoms with van der Waals surface area (Å²) < 4.78 is 0. The minimum absolute atomic E-state index is 0.748. The Balaban J connectivity index is 2.28. The third kappa shape index (κ3) is 0.639. The second-order valence-corrected chi connectivity index (χ2v) is 4.46. The molecule has 0 radical (unpaired) electrons. The molecule has 2 aliphatic rings. The van der Waals surface area contributed by atoms with Crippen molar-refractivity contribution in [2.45, 2.75) is 39.5 Å². The summed E-state index contributed by atoms with van der Waals surface area (Å²) in [6.07, 6.45) is 2.60. The Labute approximate surface area is 73.6 Å². The molecule has 1 aromatic carbocycles. The fraction of sp³-hybridized carbons (Fsp3) is 0.500. The maximum absolute atomic E-state index is 2.32. The molecule has 0 atom stereocenters. The molecule has 3 rings (SSSR count). The summed E-state index contributed by atoms with van der Waals surface area (Å²) >= 11 is 0. The van der Waals surface area contributed by atoms with E-state index in [1.54, 1.807) is 33.4 Å². The highest BCUT2D eigenvalue weighted by Gasteiger charge is 2.36. The van der Waals surface area contributed by atoms with Gasteiger partial charge in [-0.15, -0.1) is 0 Å². The summed E-state index contributed by atoms with van der Waals surface area (Å²) in [6, 6.07) is 0. The van der Waals surface area contributed by atoms with Crippen LogP contribution in [-0.4, -0.2) is 0 Å². The second kappa shape index (κ2) is 1.76. The molecular formula is C12H14. The third-order valence-corrected chi connectivity index (χ3v) is 3.32. The molecule has 0 saturated carbocycles. The van der Waals surface area contributed by atoms with E-state index in [2.05, 4.69) is 20.8 Å². The number of fused-ring (bicyclic) bond motifs is 2. The molecule has 0 unspecified atom stereocenters. The van der Waals surface area contributed by atoms with Gasteiger partial charge in [-0.3, -0.25) is 0 Å². The van der Waals surface area contributed by atoms with Gasteiger partial charge >= 0.3 is 0 Å². The first-order valence-electron chi connectivity index (χ1n) is 4.86. The molecule has 0 aromatic heterocycles. The molecule has 0 N–H and O–H groups in total. The number of hydrogen-bond acceptors (Lipinski definition) is 0. The summed E-state index contributed by atoms with van der Waals surface area (Å²) in [5.41, 5.74) is 10.1. The summed E-state index contributed by atoms with van der Waals surface area (Å²) in [5.74, 6) is 0.748. The van der Waals surface area contributed by atoms with Crippen molar-refractivity contribution in [1.29, 1.82) is 0 Å². The van der Waals surface area contributed by atoms with Gasteiger partial charge in [-0.2, -0.15) is 0 Å². The van der Waals surface area contributed by atoms with Crippen LogP contribution >= 0.6 is 0 Å². The third-order valence-electron chi connectivity index (χ3n) is 3.32. The molecule has 0 aliphatic heterocycles. The molecule has 0 saturated heterocycles. The van der Waals surface area contributed by atoms with Crippen molar-refractivity contribution < 1.29 is 0 Å². The maximum Gasteiger partial charge on any atom is -0.00142 e. The van der Waals surface area contributed by atoms with Crippen LogP contribution < -0.4 is 0 Å². The highest BCUT2D eigenvalue weighted by molar-refractivity contribution is 5.69.